The molecule has 10 nitrogen and oxygen atoms in total. The second-order valence-electron chi connectivity index (χ2n) is 12.4. The van der Waals surface area contributed by atoms with Crippen molar-refractivity contribution in [2.75, 3.05) is 19.8 Å². The van der Waals surface area contributed by atoms with E-state index in [-0.39, 0.29) is 13.2 Å². The van der Waals surface area contributed by atoms with E-state index < -0.39 is 76.7 Å². The van der Waals surface area contributed by atoms with Crippen molar-refractivity contribution in [2.45, 2.75) is 101 Å². The molecule has 6 rings (SSSR count). The van der Waals surface area contributed by atoms with Gasteiger partial charge in [-0.25, -0.2) is 9.59 Å². The second kappa shape index (κ2) is 9.22. The predicted octanol–water partition coefficient (Wildman–Crippen LogP) is 1.52. The van der Waals surface area contributed by atoms with E-state index in [0.717, 1.165) is 12.0 Å². The fraction of sp³-hybridized carbons (Fsp3) is 0.724. The molecule has 11 atom stereocenters. The van der Waals surface area contributed by atoms with Crippen LogP contribution in [0, 0.1) is 10.8 Å². The van der Waals surface area contributed by atoms with Gasteiger partial charge in [-0.15, -0.1) is 0 Å². The number of hydrogen-bond acceptors (Lipinski definition) is 10. The van der Waals surface area contributed by atoms with Crippen LogP contribution in [-0.4, -0.2) is 95.9 Å². The maximum absolute atomic E-state index is 13.3. The molecule has 4 aliphatic heterocycles. The van der Waals surface area contributed by atoms with Gasteiger partial charge in [0, 0.05) is 17.9 Å². The molecule has 11 unspecified atom stereocenters. The maximum Gasteiger partial charge on any atom is 0.338 e. The standard InChI is InChI=1S/C29H38O10/c1-16-9-10-28-14-35-25(33)24-26(3,39-24)11-12-34-18(17(2)30)7-5-6-8-20(31)38-22-21(32)23(37-19(28)13-16)29(15-36-29)27(22,28)4/h5-8,13,17-19,21-24,30,32H,9-12,14-15H2,1-4H3. The zero-order valence-corrected chi connectivity index (χ0v) is 22.8. The van der Waals surface area contributed by atoms with Gasteiger partial charge in [0.05, 0.1) is 30.8 Å². The van der Waals surface area contributed by atoms with Crippen LogP contribution in [0.25, 0.3) is 0 Å². The minimum Gasteiger partial charge on any atom is -0.463 e. The van der Waals surface area contributed by atoms with Crippen molar-refractivity contribution in [3.05, 3.63) is 36.0 Å². The highest BCUT2D eigenvalue weighted by Gasteiger charge is 2.85. The van der Waals surface area contributed by atoms with Crippen LogP contribution in [0.5, 0.6) is 0 Å². The van der Waals surface area contributed by atoms with Gasteiger partial charge in [0.2, 0.25) is 0 Å². The lowest BCUT2D eigenvalue weighted by molar-refractivity contribution is -0.233. The van der Waals surface area contributed by atoms with Crippen LogP contribution in [0.15, 0.2) is 36.0 Å². The first-order valence-electron chi connectivity index (χ1n) is 13.8. The van der Waals surface area contributed by atoms with Crippen molar-refractivity contribution in [3.8, 4) is 0 Å². The summed E-state index contributed by atoms with van der Waals surface area (Å²) in [7, 11) is 0. The predicted molar refractivity (Wildman–Crippen MR) is 135 cm³/mol. The van der Waals surface area contributed by atoms with Gasteiger partial charge in [-0.3, -0.25) is 0 Å². The Kier molecular flexibility index (Phi) is 6.41. The zero-order valence-electron chi connectivity index (χ0n) is 22.8. The van der Waals surface area contributed by atoms with Crippen molar-refractivity contribution in [2.24, 2.45) is 10.8 Å². The topological polar surface area (TPSA) is 137 Å². The van der Waals surface area contributed by atoms with Crippen LogP contribution in [0.1, 0.15) is 47.0 Å². The molecule has 0 aromatic rings. The van der Waals surface area contributed by atoms with Gasteiger partial charge in [-0.1, -0.05) is 36.8 Å². The SMILES string of the molecule is CC1=CC2OC3C(O)C4OC(=O)C=CC=CC(C(C)O)OCCC5(C)OC5C(=O)OCC2(CC1)C4(C)C31CO1. The summed E-state index contributed by atoms with van der Waals surface area (Å²) in [4.78, 5) is 26.3. The summed E-state index contributed by atoms with van der Waals surface area (Å²) in [6.45, 7) is 8.08. The fourth-order valence-corrected chi connectivity index (χ4v) is 7.41. The molecule has 0 aromatic heterocycles. The van der Waals surface area contributed by atoms with Crippen LogP contribution < -0.4 is 0 Å². The Morgan fingerprint density at radius 3 is 2.59 bits per heavy atom. The summed E-state index contributed by atoms with van der Waals surface area (Å²) in [5.74, 6) is -1.10. The number of cyclic esters (lactones) is 1. The number of carbonyl (C=O) groups is 2. The van der Waals surface area contributed by atoms with Gasteiger partial charge in [-0.05, 0) is 33.6 Å². The van der Waals surface area contributed by atoms with E-state index in [1.54, 1.807) is 19.1 Å². The van der Waals surface area contributed by atoms with E-state index in [1.165, 1.54) is 12.2 Å². The Balaban J connectivity index is 1.38. The Morgan fingerprint density at radius 1 is 1.10 bits per heavy atom. The third-order valence-corrected chi connectivity index (χ3v) is 10.1. The van der Waals surface area contributed by atoms with Gasteiger partial charge >= 0.3 is 11.9 Å². The molecule has 2 bridgehead atoms. The molecular weight excluding hydrogens is 508 g/mol. The van der Waals surface area contributed by atoms with Crippen LogP contribution in [-0.2, 0) is 38.0 Å². The Bertz CT molecular complexity index is 1120. The molecule has 0 radical (unpaired) electrons. The largest absolute Gasteiger partial charge is 0.463 e. The molecule has 2 aliphatic carbocycles. The van der Waals surface area contributed by atoms with Crippen molar-refractivity contribution < 1.29 is 48.2 Å². The molecular formula is C29H38O10. The third kappa shape index (κ3) is 3.98. The average molecular weight is 547 g/mol. The number of rotatable bonds is 1. The van der Waals surface area contributed by atoms with Crippen LogP contribution in [0.4, 0.5) is 0 Å². The Morgan fingerprint density at radius 2 is 1.87 bits per heavy atom. The number of aliphatic hydroxyl groups excluding tert-OH is 2. The van der Waals surface area contributed by atoms with Crippen molar-refractivity contribution in [1.82, 2.24) is 0 Å². The van der Waals surface area contributed by atoms with Gasteiger partial charge in [0.1, 0.15) is 42.2 Å². The molecule has 2 spiro atoms. The number of fused-ring (bicyclic) bond motifs is 1. The summed E-state index contributed by atoms with van der Waals surface area (Å²) >= 11 is 0. The van der Waals surface area contributed by atoms with E-state index in [4.69, 9.17) is 28.4 Å². The molecule has 10 heteroatoms. The Labute approximate surface area is 227 Å². The molecule has 2 N–H and O–H groups in total. The highest BCUT2D eigenvalue weighted by Crippen LogP contribution is 2.72. The van der Waals surface area contributed by atoms with E-state index in [2.05, 4.69) is 0 Å². The zero-order chi connectivity index (χ0) is 27.8. The van der Waals surface area contributed by atoms with Crippen LogP contribution >= 0.6 is 0 Å². The smallest absolute Gasteiger partial charge is 0.338 e. The minimum atomic E-state index is -1.12. The van der Waals surface area contributed by atoms with Gasteiger partial charge in [-0.2, -0.15) is 0 Å². The number of epoxide rings is 2. The van der Waals surface area contributed by atoms with Crippen molar-refractivity contribution in [1.29, 1.82) is 0 Å². The van der Waals surface area contributed by atoms with Crippen LogP contribution in [0.2, 0.25) is 0 Å². The monoisotopic (exact) mass is 546 g/mol. The first-order valence-corrected chi connectivity index (χ1v) is 13.8. The van der Waals surface area contributed by atoms with Gasteiger partial charge < -0.3 is 38.6 Å². The summed E-state index contributed by atoms with van der Waals surface area (Å²) in [6, 6.07) is 0. The van der Waals surface area contributed by atoms with E-state index in [0.29, 0.717) is 19.4 Å². The molecule has 0 amide bonds. The summed E-state index contributed by atoms with van der Waals surface area (Å²) in [6.07, 6.45) is 4.54. The van der Waals surface area contributed by atoms with Crippen LogP contribution in [0.3, 0.4) is 0 Å². The summed E-state index contributed by atoms with van der Waals surface area (Å²) < 4.78 is 36.1. The molecule has 4 heterocycles. The Hall–Kier alpha value is -2.08. The average Bonchev–Trinajstić information content (AvgIpc) is 3.80. The van der Waals surface area contributed by atoms with E-state index >= 15 is 0 Å². The molecule has 39 heavy (non-hydrogen) atoms. The summed E-state index contributed by atoms with van der Waals surface area (Å²) in [5.41, 5.74) is -2.12. The van der Waals surface area contributed by atoms with Crippen molar-refractivity contribution in [3.63, 3.8) is 0 Å². The number of ether oxygens (including phenoxy) is 6. The van der Waals surface area contributed by atoms with Gasteiger partial charge in [0.15, 0.2) is 6.10 Å². The number of aliphatic hydroxyl groups is 2. The fourth-order valence-electron chi connectivity index (χ4n) is 7.41. The van der Waals surface area contributed by atoms with E-state index in [9.17, 15) is 19.8 Å². The minimum absolute atomic E-state index is 0.00446. The maximum atomic E-state index is 13.3. The first-order chi connectivity index (χ1) is 18.5. The lowest BCUT2D eigenvalue weighted by Gasteiger charge is -2.58. The molecule has 1 saturated carbocycles. The molecule has 3 saturated heterocycles. The third-order valence-electron chi connectivity index (χ3n) is 10.1. The number of hydrogen-bond donors (Lipinski definition) is 2. The number of esters is 2. The second-order valence-corrected chi connectivity index (χ2v) is 12.4. The molecule has 0 aromatic carbocycles. The number of allylic oxidation sites excluding steroid dienone is 3. The van der Waals surface area contributed by atoms with Crippen molar-refractivity contribution >= 4 is 11.9 Å². The lowest BCUT2D eigenvalue weighted by atomic mass is 9.51. The first kappa shape index (κ1) is 27.1. The highest BCUT2D eigenvalue weighted by molar-refractivity contribution is 5.82. The van der Waals surface area contributed by atoms with E-state index in [1.807, 2.05) is 26.8 Å². The molecule has 6 aliphatic rings. The quantitative estimate of drug-likeness (QED) is 0.283. The lowest BCUT2D eigenvalue weighted by Crippen LogP contribution is -2.66. The van der Waals surface area contributed by atoms with Gasteiger partial charge in [0.25, 0.3) is 0 Å². The highest BCUT2D eigenvalue weighted by atomic mass is 16.7. The number of carbonyl (C=O) groups excluding carboxylic acids is 2. The molecule has 214 valence electrons. The molecule has 4 fully saturated rings. The summed E-state index contributed by atoms with van der Waals surface area (Å²) in [5, 5.41) is 21.5. The normalized spacial score (nSPS) is 50.1.